The zero-order chi connectivity index (χ0) is 25.6. The van der Waals surface area contributed by atoms with Gasteiger partial charge in [-0.3, -0.25) is 14.1 Å². The molecule has 2 atom stereocenters. The van der Waals surface area contributed by atoms with Gasteiger partial charge in [0.1, 0.15) is 0 Å². The van der Waals surface area contributed by atoms with E-state index in [9.17, 15) is 4.79 Å². The Bertz CT molecular complexity index is 1340. The molecule has 1 fully saturated rings. The Morgan fingerprint density at radius 3 is 2.59 bits per heavy atom. The molecule has 8 heteroatoms. The first kappa shape index (κ1) is 25.1. The van der Waals surface area contributed by atoms with E-state index in [4.69, 9.17) is 4.98 Å². The summed E-state index contributed by atoms with van der Waals surface area (Å²) < 4.78 is 4.06. The Morgan fingerprint density at radius 2 is 1.86 bits per heavy atom. The highest BCUT2D eigenvalue weighted by Crippen LogP contribution is 2.36. The second-order valence-corrected chi connectivity index (χ2v) is 10.2. The van der Waals surface area contributed by atoms with E-state index in [0.717, 1.165) is 53.8 Å². The molecule has 1 aliphatic carbocycles. The zero-order valence-corrected chi connectivity index (χ0v) is 21.9. The molecular formula is C29H37N7O. The molecule has 194 valence electrons. The van der Waals surface area contributed by atoms with Crippen LogP contribution in [0, 0.1) is 5.92 Å². The second-order valence-electron chi connectivity index (χ2n) is 10.2. The molecule has 8 nitrogen and oxygen atoms in total. The number of benzene rings is 1. The van der Waals surface area contributed by atoms with E-state index in [1.165, 1.54) is 32.1 Å². The molecule has 5 rings (SSSR count). The number of nitrogens with zero attached hydrogens (tertiary/aromatic N) is 6. The maximum Gasteiger partial charge on any atom is 0.328 e. The lowest BCUT2D eigenvalue weighted by Crippen LogP contribution is -2.33. The van der Waals surface area contributed by atoms with Gasteiger partial charge in [0.05, 0.1) is 12.2 Å². The number of hydrogen-bond acceptors (Lipinski definition) is 5. The fraction of sp³-hybridized carbons (Fsp3) is 0.483. The van der Waals surface area contributed by atoms with Gasteiger partial charge in [-0.25, -0.2) is 9.89 Å². The lowest BCUT2D eigenvalue weighted by Gasteiger charge is -2.31. The van der Waals surface area contributed by atoms with E-state index >= 15 is 0 Å². The lowest BCUT2D eigenvalue weighted by molar-refractivity contribution is 0.220. The molecule has 0 radical (unpaired) electrons. The number of hydrogen-bond donors (Lipinski definition) is 1. The third-order valence-corrected chi connectivity index (χ3v) is 7.73. The molecule has 0 aliphatic heterocycles. The van der Waals surface area contributed by atoms with Gasteiger partial charge in [-0.2, -0.15) is 0 Å². The van der Waals surface area contributed by atoms with Crippen LogP contribution in [0.15, 0.2) is 53.6 Å². The summed E-state index contributed by atoms with van der Waals surface area (Å²) in [5.41, 5.74) is 4.99. The van der Waals surface area contributed by atoms with Crippen LogP contribution in [-0.4, -0.2) is 34.7 Å². The maximum absolute atomic E-state index is 13.8. The first-order valence-corrected chi connectivity index (χ1v) is 13.8. The molecule has 1 saturated carbocycles. The van der Waals surface area contributed by atoms with Crippen molar-refractivity contribution in [2.75, 3.05) is 0 Å². The van der Waals surface area contributed by atoms with Crippen molar-refractivity contribution in [3.05, 3.63) is 70.5 Å². The number of rotatable bonds is 10. The van der Waals surface area contributed by atoms with Gasteiger partial charge in [0.15, 0.2) is 5.82 Å². The topological polar surface area (TPSA) is 94.3 Å². The Balaban J connectivity index is 1.43. The standard InChI is InChI=1S/C29H37N7O/c1-3-5-12-23-20-36(27-15-9-6-11-22(27)10-4-2)29(37)35(23)19-21-16-17-26(30-18-21)24-13-7-8-14-25(24)28-31-33-34-32-28/h7-8,13-14,16-18,20,22,27H,3-6,9-12,15,19H2,1-2H3,(H,31,32,33,34). The summed E-state index contributed by atoms with van der Waals surface area (Å²) in [7, 11) is 0. The molecule has 3 aromatic heterocycles. The molecule has 2 unspecified atom stereocenters. The highest BCUT2D eigenvalue weighted by Gasteiger charge is 2.28. The quantitative estimate of drug-likeness (QED) is 0.297. The van der Waals surface area contributed by atoms with Gasteiger partial charge in [0.2, 0.25) is 0 Å². The van der Waals surface area contributed by atoms with Gasteiger partial charge in [-0.1, -0.05) is 69.9 Å². The third-order valence-electron chi connectivity index (χ3n) is 7.73. The van der Waals surface area contributed by atoms with Gasteiger partial charge in [0.25, 0.3) is 0 Å². The normalized spacial score (nSPS) is 17.8. The number of pyridine rings is 1. The van der Waals surface area contributed by atoms with Crippen LogP contribution < -0.4 is 5.69 Å². The number of unbranched alkanes of at least 4 members (excludes halogenated alkanes) is 1. The van der Waals surface area contributed by atoms with Crippen LogP contribution in [0.3, 0.4) is 0 Å². The molecule has 1 aromatic carbocycles. The Kier molecular flexibility index (Phi) is 7.92. The lowest BCUT2D eigenvalue weighted by atomic mass is 9.81. The van der Waals surface area contributed by atoms with E-state index in [1.54, 1.807) is 0 Å². The van der Waals surface area contributed by atoms with Crippen molar-refractivity contribution in [1.82, 2.24) is 34.7 Å². The summed E-state index contributed by atoms with van der Waals surface area (Å²) in [6.45, 7) is 4.99. The minimum absolute atomic E-state index is 0.131. The third kappa shape index (κ3) is 5.43. The molecule has 4 aromatic rings. The number of aromatic nitrogens is 7. The summed E-state index contributed by atoms with van der Waals surface area (Å²) in [6, 6.07) is 12.4. The Morgan fingerprint density at radius 1 is 1.03 bits per heavy atom. The van der Waals surface area contributed by atoms with E-state index in [1.807, 2.05) is 41.1 Å². The average molecular weight is 500 g/mol. The molecule has 0 saturated heterocycles. The number of aromatic amines is 1. The smallest absolute Gasteiger partial charge is 0.296 e. The molecule has 3 heterocycles. The Hall–Kier alpha value is -3.55. The van der Waals surface area contributed by atoms with Crippen molar-refractivity contribution in [2.45, 2.75) is 84.2 Å². The van der Waals surface area contributed by atoms with Crippen LogP contribution >= 0.6 is 0 Å². The summed E-state index contributed by atoms with van der Waals surface area (Å²) in [5, 5.41) is 14.3. The maximum atomic E-state index is 13.8. The van der Waals surface area contributed by atoms with Crippen LogP contribution in [0.4, 0.5) is 0 Å². The van der Waals surface area contributed by atoms with Gasteiger partial charge >= 0.3 is 5.69 Å². The molecule has 0 bridgehead atoms. The number of aryl methyl sites for hydroxylation is 1. The zero-order valence-electron chi connectivity index (χ0n) is 21.9. The van der Waals surface area contributed by atoms with Crippen LogP contribution in [-0.2, 0) is 13.0 Å². The predicted molar refractivity (Wildman–Crippen MR) is 145 cm³/mol. The van der Waals surface area contributed by atoms with Gasteiger partial charge in [0, 0.05) is 35.3 Å². The molecule has 0 spiro atoms. The van der Waals surface area contributed by atoms with E-state index in [2.05, 4.69) is 51.3 Å². The van der Waals surface area contributed by atoms with Crippen molar-refractivity contribution in [2.24, 2.45) is 5.92 Å². The first-order chi connectivity index (χ1) is 18.2. The number of tetrazole rings is 1. The van der Waals surface area contributed by atoms with Crippen LogP contribution in [0.1, 0.15) is 82.5 Å². The second kappa shape index (κ2) is 11.7. The average Bonchev–Trinajstić information content (AvgIpc) is 3.58. The van der Waals surface area contributed by atoms with Crippen molar-refractivity contribution in [3.63, 3.8) is 0 Å². The van der Waals surface area contributed by atoms with Crippen molar-refractivity contribution < 1.29 is 0 Å². The van der Waals surface area contributed by atoms with Crippen molar-refractivity contribution in [3.8, 4) is 22.6 Å². The monoisotopic (exact) mass is 499 g/mol. The van der Waals surface area contributed by atoms with Gasteiger partial charge < -0.3 is 0 Å². The number of H-pyrrole nitrogens is 1. The van der Waals surface area contributed by atoms with E-state index < -0.39 is 0 Å². The van der Waals surface area contributed by atoms with Crippen molar-refractivity contribution in [1.29, 1.82) is 0 Å². The Labute approximate surface area is 218 Å². The van der Waals surface area contributed by atoms with Gasteiger partial charge in [-0.15, -0.1) is 5.10 Å². The summed E-state index contributed by atoms with van der Waals surface area (Å²) in [5.74, 6) is 1.21. The van der Waals surface area contributed by atoms with Gasteiger partial charge in [-0.05, 0) is 60.1 Å². The van der Waals surface area contributed by atoms with E-state index in [-0.39, 0.29) is 5.69 Å². The summed E-state index contributed by atoms with van der Waals surface area (Å²) in [4.78, 5) is 18.5. The predicted octanol–water partition coefficient (Wildman–Crippen LogP) is 5.81. The summed E-state index contributed by atoms with van der Waals surface area (Å²) in [6.07, 6.45) is 14.4. The van der Waals surface area contributed by atoms with Crippen LogP contribution in [0.25, 0.3) is 22.6 Å². The number of nitrogens with one attached hydrogen (secondary N) is 1. The van der Waals surface area contributed by atoms with Crippen molar-refractivity contribution >= 4 is 0 Å². The summed E-state index contributed by atoms with van der Waals surface area (Å²) >= 11 is 0. The highest BCUT2D eigenvalue weighted by atomic mass is 16.1. The number of imidazole rings is 1. The fourth-order valence-corrected chi connectivity index (χ4v) is 5.82. The minimum Gasteiger partial charge on any atom is -0.296 e. The van der Waals surface area contributed by atoms with Crippen LogP contribution in [0.2, 0.25) is 0 Å². The largest absolute Gasteiger partial charge is 0.328 e. The fourth-order valence-electron chi connectivity index (χ4n) is 5.82. The SMILES string of the molecule is CCCCc1cn(C2CCCCC2CCC)c(=O)n1Cc1ccc(-c2ccccc2-c2nnn[nH]2)nc1. The first-order valence-electron chi connectivity index (χ1n) is 13.8. The molecule has 0 amide bonds. The van der Waals surface area contributed by atoms with E-state index in [0.29, 0.717) is 24.3 Å². The molecule has 1 aliphatic rings. The molecule has 1 N–H and O–H groups in total. The molecule has 37 heavy (non-hydrogen) atoms. The minimum atomic E-state index is 0.131. The van der Waals surface area contributed by atoms with Crippen LogP contribution in [0.5, 0.6) is 0 Å². The molecular weight excluding hydrogens is 462 g/mol. The highest BCUT2D eigenvalue weighted by molar-refractivity contribution is 5.78.